The van der Waals surface area contributed by atoms with Gasteiger partial charge in [-0.1, -0.05) is 12.1 Å². The second-order valence-electron chi connectivity index (χ2n) is 5.68. The molecule has 0 amide bonds. The minimum atomic E-state index is 0.291. The Hall–Kier alpha value is -1.81. The van der Waals surface area contributed by atoms with Crippen LogP contribution in [0.5, 0.6) is 5.75 Å². The third kappa shape index (κ3) is 2.81. The number of methoxy groups -OCH3 is 1. The van der Waals surface area contributed by atoms with Gasteiger partial charge in [0.05, 0.1) is 30.6 Å². The van der Waals surface area contributed by atoms with Crippen LogP contribution >= 0.6 is 0 Å². The molecule has 0 bridgehead atoms. The minimum Gasteiger partial charge on any atom is -0.496 e. The summed E-state index contributed by atoms with van der Waals surface area (Å²) in [7, 11) is 1.71. The quantitative estimate of drug-likeness (QED) is 0.865. The van der Waals surface area contributed by atoms with E-state index in [1.165, 1.54) is 0 Å². The van der Waals surface area contributed by atoms with E-state index in [2.05, 4.69) is 23.7 Å². The van der Waals surface area contributed by atoms with Gasteiger partial charge in [-0.05, 0) is 44.9 Å². The number of ether oxygens (including phenoxy) is 2. The molecule has 21 heavy (non-hydrogen) atoms. The Balaban J connectivity index is 2.03. The highest BCUT2D eigenvalue weighted by Gasteiger charge is 2.24. The molecule has 1 aromatic heterocycles. The molecule has 4 heteroatoms. The van der Waals surface area contributed by atoms with Crippen LogP contribution < -0.4 is 4.74 Å². The summed E-state index contributed by atoms with van der Waals surface area (Å²) in [4.78, 5) is 0. The van der Waals surface area contributed by atoms with Crippen LogP contribution in [0, 0.1) is 6.92 Å². The summed E-state index contributed by atoms with van der Waals surface area (Å²) >= 11 is 0. The summed E-state index contributed by atoms with van der Waals surface area (Å²) in [6.07, 6.45) is 2.30. The zero-order chi connectivity index (χ0) is 14.8. The van der Waals surface area contributed by atoms with Crippen molar-refractivity contribution in [3.05, 3.63) is 36.0 Å². The maximum Gasteiger partial charge on any atom is 0.128 e. The molecule has 4 nitrogen and oxygen atoms in total. The summed E-state index contributed by atoms with van der Waals surface area (Å²) in [5.74, 6) is 0.888. The second-order valence-corrected chi connectivity index (χ2v) is 5.68. The Kier molecular flexibility index (Phi) is 3.97. The van der Waals surface area contributed by atoms with E-state index in [1.54, 1.807) is 7.11 Å². The lowest BCUT2D eigenvalue weighted by Crippen LogP contribution is -2.26. The highest BCUT2D eigenvalue weighted by Crippen LogP contribution is 2.34. The first-order valence-electron chi connectivity index (χ1n) is 7.50. The number of hydrogen-bond donors (Lipinski definition) is 0. The van der Waals surface area contributed by atoms with Crippen LogP contribution in [0.1, 0.15) is 31.5 Å². The van der Waals surface area contributed by atoms with E-state index >= 15 is 0 Å². The zero-order valence-electron chi connectivity index (χ0n) is 12.9. The Morgan fingerprint density at radius 1 is 1.33 bits per heavy atom. The average molecular weight is 286 g/mol. The van der Waals surface area contributed by atoms with Crippen molar-refractivity contribution < 1.29 is 9.47 Å². The molecule has 2 aromatic rings. The molecule has 0 radical (unpaired) electrons. The fourth-order valence-electron chi connectivity index (χ4n) is 3.05. The maximum atomic E-state index is 5.66. The predicted octanol–water partition coefficient (Wildman–Crippen LogP) is 3.61. The fraction of sp³-hybridized carbons (Fsp3) is 0.471. The number of hydrogen-bond acceptors (Lipinski definition) is 3. The lowest BCUT2D eigenvalue weighted by Gasteiger charge is -2.29. The highest BCUT2D eigenvalue weighted by molar-refractivity contribution is 5.67. The topological polar surface area (TPSA) is 36.3 Å². The van der Waals surface area contributed by atoms with Crippen molar-refractivity contribution in [3.8, 4) is 17.0 Å². The number of aryl methyl sites for hydroxylation is 1. The van der Waals surface area contributed by atoms with Crippen LogP contribution in [0.3, 0.4) is 0 Å². The summed E-state index contributed by atoms with van der Waals surface area (Å²) in [5.41, 5.74) is 3.26. The molecule has 0 N–H and O–H groups in total. The van der Waals surface area contributed by atoms with Gasteiger partial charge < -0.3 is 9.47 Å². The number of para-hydroxylation sites is 1. The summed E-state index contributed by atoms with van der Waals surface area (Å²) < 4.78 is 13.3. The van der Waals surface area contributed by atoms with E-state index in [1.807, 2.05) is 25.1 Å². The lowest BCUT2D eigenvalue weighted by molar-refractivity contribution is 0.00381. The van der Waals surface area contributed by atoms with Gasteiger partial charge in [-0.2, -0.15) is 5.10 Å². The molecule has 2 atom stereocenters. The molecular weight excluding hydrogens is 264 g/mol. The Bertz CT molecular complexity index is 621. The van der Waals surface area contributed by atoms with Crippen molar-refractivity contribution >= 4 is 0 Å². The van der Waals surface area contributed by atoms with Gasteiger partial charge in [-0.3, -0.25) is 4.68 Å². The van der Waals surface area contributed by atoms with Crippen molar-refractivity contribution in [2.75, 3.05) is 13.7 Å². The van der Waals surface area contributed by atoms with Crippen LogP contribution in [0.4, 0.5) is 0 Å². The molecule has 1 aliphatic heterocycles. The van der Waals surface area contributed by atoms with Crippen molar-refractivity contribution in [3.63, 3.8) is 0 Å². The van der Waals surface area contributed by atoms with Gasteiger partial charge in [0.2, 0.25) is 0 Å². The molecule has 1 fully saturated rings. The van der Waals surface area contributed by atoms with E-state index in [4.69, 9.17) is 14.6 Å². The molecule has 2 unspecified atom stereocenters. The van der Waals surface area contributed by atoms with Crippen molar-refractivity contribution in [1.29, 1.82) is 0 Å². The van der Waals surface area contributed by atoms with Crippen LogP contribution in [0.15, 0.2) is 30.3 Å². The molecule has 1 saturated heterocycles. The smallest absolute Gasteiger partial charge is 0.128 e. The van der Waals surface area contributed by atoms with Crippen LogP contribution in [0.2, 0.25) is 0 Å². The van der Waals surface area contributed by atoms with E-state index in [9.17, 15) is 0 Å². The van der Waals surface area contributed by atoms with Gasteiger partial charge in [-0.15, -0.1) is 0 Å². The van der Waals surface area contributed by atoms with Gasteiger partial charge in [0.15, 0.2) is 0 Å². The molecule has 2 heterocycles. The Morgan fingerprint density at radius 2 is 2.14 bits per heavy atom. The molecule has 0 spiro atoms. The van der Waals surface area contributed by atoms with Gasteiger partial charge in [0.25, 0.3) is 0 Å². The molecule has 1 aromatic carbocycles. The first-order chi connectivity index (χ1) is 10.2. The molecule has 1 aliphatic rings. The van der Waals surface area contributed by atoms with Gasteiger partial charge in [0.1, 0.15) is 5.75 Å². The molecule has 3 rings (SSSR count). The van der Waals surface area contributed by atoms with E-state index in [0.717, 1.165) is 42.1 Å². The summed E-state index contributed by atoms with van der Waals surface area (Å²) in [6, 6.07) is 10.6. The summed E-state index contributed by atoms with van der Waals surface area (Å²) in [6.45, 7) is 4.97. The van der Waals surface area contributed by atoms with Crippen LogP contribution in [-0.2, 0) is 4.74 Å². The normalized spacial score (nSPS) is 22.2. The number of aromatic nitrogens is 2. The van der Waals surface area contributed by atoms with E-state index in [-0.39, 0.29) is 0 Å². The van der Waals surface area contributed by atoms with Crippen molar-refractivity contribution in [1.82, 2.24) is 9.78 Å². The Labute approximate surface area is 125 Å². The molecule has 0 aliphatic carbocycles. The zero-order valence-corrected chi connectivity index (χ0v) is 12.9. The van der Waals surface area contributed by atoms with Crippen LogP contribution in [-0.4, -0.2) is 29.6 Å². The number of rotatable bonds is 3. The van der Waals surface area contributed by atoms with Gasteiger partial charge in [0, 0.05) is 12.2 Å². The lowest BCUT2D eigenvalue weighted by atomic mass is 10.0. The fourth-order valence-corrected chi connectivity index (χ4v) is 3.05. The SMILES string of the molecule is COc1ccccc1-c1cc(C)nn1C1CCOC(C)C1. The van der Waals surface area contributed by atoms with Crippen LogP contribution in [0.25, 0.3) is 11.3 Å². The van der Waals surface area contributed by atoms with Crippen molar-refractivity contribution in [2.45, 2.75) is 38.8 Å². The first-order valence-corrected chi connectivity index (χ1v) is 7.50. The highest BCUT2D eigenvalue weighted by atomic mass is 16.5. The van der Waals surface area contributed by atoms with Gasteiger partial charge >= 0.3 is 0 Å². The van der Waals surface area contributed by atoms with Crippen molar-refractivity contribution in [2.24, 2.45) is 0 Å². The standard InChI is InChI=1S/C17H22N2O2/c1-12-10-16(15-6-4-5-7-17(15)20-3)19(18-12)14-8-9-21-13(2)11-14/h4-7,10,13-14H,8-9,11H2,1-3H3. The van der Waals surface area contributed by atoms with Gasteiger partial charge in [-0.25, -0.2) is 0 Å². The third-order valence-electron chi connectivity index (χ3n) is 4.04. The molecular formula is C17H22N2O2. The second kappa shape index (κ2) is 5.90. The van der Waals surface area contributed by atoms with E-state index in [0.29, 0.717) is 12.1 Å². The predicted molar refractivity (Wildman–Crippen MR) is 82.6 cm³/mol. The molecule has 112 valence electrons. The number of benzene rings is 1. The average Bonchev–Trinajstić information content (AvgIpc) is 2.89. The third-order valence-corrected chi connectivity index (χ3v) is 4.04. The van der Waals surface area contributed by atoms with E-state index < -0.39 is 0 Å². The monoisotopic (exact) mass is 286 g/mol. The minimum absolute atomic E-state index is 0.291. The largest absolute Gasteiger partial charge is 0.496 e. The first kappa shape index (κ1) is 14.1. The maximum absolute atomic E-state index is 5.66. The molecule has 0 saturated carbocycles. The number of nitrogens with zero attached hydrogens (tertiary/aromatic N) is 2. The Morgan fingerprint density at radius 3 is 2.90 bits per heavy atom. The summed E-state index contributed by atoms with van der Waals surface area (Å²) in [5, 5.41) is 4.73.